The van der Waals surface area contributed by atoms with Crippen molar-refractivity contribution in [1.29, 1.82) is 0 Å². The Morgan fingerprint density at radius 2 is 1.50 bits per heavy atom. The van der Waals surface area contributed by atoms with Crippen molar-refractivity contribution < 1.29 is 9.47 Å². The van der Waals surface area contributed by atoms with Crippen molar-refractivity contribution in [3.8, 4) is 0 Å². The summed E-state index contributed by atoms with van der Waals surface area (Å²) < 4.78 is 12.5. The number of rotatable bonds is 9. The molecule has 0 aliphatic rings. The number of nitrogens with one attached hydrogen (secondary N) is 2. The lowest BCUT2D eigenvalue weighted by molar-refractivity contribution is -0.134. The molecule has 2 N–H and O–H groups in total. The van der Waals surface area contributed by atoms with E-state index in [0.717, 1.165) is 10.6 Å². The van der Waals surface area contributed by atoms with E-state index in [-0.39, 0.29) is 24.7 Å². The molecular weight excluding hydrogens is 306 g/mol. The summed E-state index contributed by atoms with van der Waals surface area (Å²) in [5, 5.41) is 0. The molecule has 0 unspecified atom stereocenters. The van der Waals surface area contributed by atoms with Crippen LogP contribution in [0.4, 0.5) is 0 Å². The lowest BCUT2D eigenvalue weighted by Crippen LogP contribution is -2.43. The van der Waals surface area contributed by atoms with Crippen LogP contribution in [0.5, 0.6) is 0 Å². The normalized spacial score (nSPS) is 12.3. The number of hydrogen-bond acceptors (Lipinski definition) is 5. The van der Waals surface area contributed by atoms with Crippen LogP contribution < -0.4 is 17.1 Å². The number of ether oxygens (including phenoxy) is 2. The van der Waals surface area contributed by atoms with E-state index in [1.165, 1.54) is 0 Å². The molecule has 0 aliphatic carbocycles. The first-order valence-electron chi connectivity index (χ1n) is 7.54. The van der Waals surface area contributed by atoms with Crippen LogP contribution in [-0.2, 0) is 16.0 Å². The molecule has 0 aromatic carbocycles. The average molecular weight is 331 g/mol. The molecule has 0 atom stereocenters. The van der Waals surface area contributed by atoms with E-state index in [1.54, 1.807) is 0 Å². The van der Waals surface area contributed by atoms with Crippen LogP contribution in [0.25, 0.3) is 0 Å². The van der Waals surface area contributed by atoms with Gasteiger partial charge in [-0.25, -0.2) is 19.0 Å². The summed E-state index contributed by atoms with van der Waals surface area (Å²) in [5.74, 6) is -0.161. The lowest BCUT2D eigenvalue weighted by Gasteiger charge is -2.22. The minimum atomic E-state index is -0.781. The Hall–Kier alpha value is -1.45. The van der Waals surface area contributed by atoms with Crippen molar-refractivity contribution in [3.05, 3.63) is 31.5 Å². The van der Waals surface area contributed by atoms with Crippen molar-refractivity contribution in [1.82, 2.24) is 14.5 Å². The van der Waals surface area contributed by atoms with Gasteiger partial charge in [-0.05, 0) is 34.1 Å². The second-order valence-electron chi connectivity index (χ2n) is 5.64. The average Bonchev–Trinajstić information content (AvgIpc) is 2.34. The highest BCUT2D eigenvalue weighted by molar-refractivity contribution is 6.36. The maximum absolute atomic E-state index is 11.5. The zero-order chi connectivity index (χ0) is 16.7. The summed E-state index contributed by atoms with van der Waals surface area (Å²) in [6.07, 6.45) is 0.863. The van der Waals surface area contributed by atoms with E-state index in [1.807, 2.05) is 37.7 Å². The molecule has 0 bridgehead atoms. The Labute approximate surface area is 130 Å². The van der Waals surface area contributed by atoms with Gasteiger partial charge in [-0.3, -0.25) is 9.97 Å². The molecule has 0 aliphatic heterocycles. The predicted octanol–water partition coefficient (Wildman–Crippen LogP) is -0.664. The SMILES string of the molecule is CC(C)OC(OC(C)C)[SiH2]CCCn1c(=O)[nH]c(=O)[nH]c1=O. The largest absolute Gasteiger partial charge is 0.354 e. The van der Waals surface area contributed by atoms with Gasteiger partial charge in [0.1, 0.15) is 5.91 Å². The van der Waals surface area contributed by atoms with Crippen molar-refractivity contribution in [2.75, 3.05) is 0 Å². The third-order valence-electron chi connectivity index (χ3n) is 2.85. The zero-order valence-electron chi connectivity index (χ0n) is 13.5. The first-order chi connectivity index (χ1) is 10.3. The monoisotopic (exact) mass is 331 g/mol. The summed E-state index contributed by atoms with van der Waals surface area (Å²) >= 11 is 0. The van der Waals surface area contributed by atoms with Gasteiger partial charge >= 0.3 is 17.1 Å². The van der Waals surface area contributed by atoms with Crippen LogP contribution in [-0.4, -0.2) is 42.2 Å². The molecule has 1 aromatic rings. The minimum absolute atomic E-state index is 0.0981. The molecular formula is C13H25N3O5Si. The Morgan fingerprint density at radius 3 is 1.95 bits per heavy atom. The van der Waals surface area contributed by atoms with Gasteiger partial charge in [-0.15, -0.1) is 0 Å². The van der Waals surface area contributed by atoms with Crippen LogP contribution >= 0.6 is 0 Å². The first kappa shape index (κ1) is 18.6. The fraction of sp³-hybridized carbons (Fsp3) is 0.769. The van der Waals surface area contributed by atoms with Crippen molar-refractivity contribution in [2.45, 2.75) is 64.8 Å². The standard InChI is InChI=1S/C13H25N3O5Si/c1-8(2)20-13(21-9(3)4)22-7-5-6-16-11(18)14-10(17)15-12(16)19/h8-9,13H,5-7,22H2,1-4H3,(H2,14,15,17,18,19). The molecule has 1 rings (SSSR count). The molecule has 0 saturated carbocycles. The van der Waals surface area contributed by atoms with E-state index >= 15 is 0 Å². The van der Waals surface area contributed by atoms with Crippen molar-refractivity contribution >= 4 is 9.52 Å². The quantitative estimate of drug-likeness (QED) is 0.355. The lowest BCUT2D eigenvalue weighted by atomic mass is 10.5. The molecule has 0 saturated heterocycles. The van der Waals surface area contributed by atoms with Gasteiger partial charge in [0.25, 0.3) is 0 Å². The summed E-state index contributed by atoms with van der Waals surface area (Å²) in [6.45, 7) is 8.12. The third kappa shape index (κ3) is 6.54. The summed E-state index contributed by atoms with van der Waals surface area (Å²) in [4.78, 5) is 38.1. The molecule has 1 heterocycles. The van der Waals surface area contributed by atoms with Gasteiger partial charge in [0.2, 0.25) is 0 Å². The molecule has 22 heavy (non-hydrogen) atoms. The second-order valence-corrected chi connectivity index (χ2v) is 7.59. The fourth-order valence-corrected chi connectivity index (χ4v) is 3.90. The van der Waals surface area contributed by atoms with Crippen LogP contribution in [0.1, 0.15) is 34.1 Å². The molecule has 0 amide bonds. The number of aromatic nitrogens is 3. The van der Waals surface area contributed by atoms with Gasteiger partial charge in [-0.1, -0.05) is 6.04 Å². The molecule has 8 nitrogen and oxygen atoms in total. The number of H-pyrrole nitrogens is 2. The van der Waals surface area contributed by atoms with E-state index in [2.05, 4.69) is 0 Å². The summed E-state index contributed by atoms with van der Waals surface area (Å²) in [6, 6.07) is 0.870. The highest BCUT2D eigenvalue weighted by Crippen LogP contribution is 2.06. The maximum atomic E-state index is 11.5. The third-order valence-corrected chi connectivity index (χ3v) is 4.62. The highest BCUT2D eigenvalue weighted by Gasteiger charge is 2.14. The predicted molar refractivity (Wildman–Crippen MR) is 86.1 cm³/mol. The van der Waals surface area contributed by atoms with Crippen LogP contribution in [0.2, 0.25) is 6.04 Å². The Morgan fingerprint density at radius 1 is 1.00 bits per heavy atom. The number of hydrogen-bond donors (Lipinski definition) is 2. The zero-order valence-corrected chi connectivity index (χ0v) is 15.0. The Bertz CT molecular complexity index is 575. The first-order valence-corrected chi connectivity index (χ1v) is 9.35. The van der Waals surface area contributed by atoms with E-state index in [9.17, 15) is 14.4 Å². The molecule has 0 radical (unpaired) electrons. The molecule has 0 spiro atoms. The number of nitrogens with zero attached hydrogens (tertiary/aromatic N) is 1. The van der Waals surface area contributed by atoms with Crippen LogP contribution in [0.15, 0.2) is 14.4 Å². The summed E-state index contributed by atoms with van der Waals surface area (Å²) in [5.41, 5.74) is -2.14. The molecule has 0 fully saturated rings. The van der Waals surface area contributed by atoms with Gasteiger partial charge in [0.05, 0.1) is 21.7 Å². The Balaban J connectivity index is 2.51. The van der Waals surface area contributed by atoms with Crippen LogP contribution in [0.3, 0.4) is 0 Å². The van der Waals surface area contributed by atoms with Crippen molar-refractivity contribution in [2.24, 2.45) is 0 Å². The fourth-order valence-electron chi connectivity index (χ4n) is 2.01. The van der Waals surface area contributed by atoms with E-state index in [0.29, 0.717) is 6.42 Å². The Kier molecular flexibility index (Phi) is 7.49. The molecule has 9 heteroatoms. The smallest absolute Gasteiger partial charge is 0.333 e. The van der Waals surface area contributed by atoms with Gasteiger partial charge in [0, 0.05) is 6.54 Å². The van der Waals surface area contributed by atoms with Gasteiger partial charge in [0.15, 0.2) is 0 Å². The topological polar surface area (TPSA) is 106 Å². The van der Waals surface area contributed by atoms with E-state index in [4.69, 9.17) is 9.47 Å². The molecule has 1 aromatic heterocycles. The summed E-state index contributed by atoms with van der Waals surface area (Å²) in [7, 11) is -0.653. The minimum Gasteiger partial charge on any atom is -0.354 e. The van der Waals surface area contributed by atoms with Gasteiger partial charge in [-0.2, -0.15) is 0 Å². The van der Waals surface area contributed by atoms with Gasteiger partial charge < -0.3 is 9.47 Å². The van der Waals surface area contributed by atoms with E-state index < -0.39 is 26.6 Å². The highest BCUT2D eigenvalue weighted by atomic mass is 28.2. The maximum Gasteiger partial charge on any atom is 0.333 e. The molecule has 126 valence electrons. The number of aromatic amines is 2. The van der Waals surface area contributed by atoms with Crippen LogP contribution in [0, 0.1) is 0 Å². The van der Waals surface area contributed by atoms with Crippen molar-refractivity contribution in [3.63, 3.8) is 0 Å². The second kappa shape index (κ2) is 8.86.